The molecule has 0 aliphatic carbocycles. The van der Waals surface area contributed by atoms with Gasteiger partial charge in [0.15, 0.2) is 5.16 Å². The van der Waals surface area contributed by atoms with E-state index < -0.39 is 0 Å². The first kappa shape index (κ1) is 19.4. The molecule has 1 aliphatic heterocycles. The maximum Gasteiger partial charge on any atom is 0.233 e. The second kappa shape index (κ2) is 9.09. The van der Waals surface area contributed by atoms with E-state index in [2.05, 4.69) is 36.8 Å². The van der Waals surface area contributed by atoms with Crippen LogP contribution in [-0.4, -0.2) is 62.5 Å². The van der Waals surface area contributed by atoms with Gasteiger partial charge in [-0.1, -0.05) is 42.1 Å². The van der Waals surface area contributed by atoms with E-state index in [0.29, 0.717) is 12.3 Å². The molecule has 29 heavy (non-hydrogen) atoms. The summed E-state index contributed by atoms with van der Waals surface area (Å²) in [6.07, 6.45) is 3.61. The molecule has 0 saturated carbocycles. The van der Waals surface area contributed by atoms with Crippen LogP contribution >= 0.6 is 11.8 Å². The highest BCUT2D eigenvalue weighted by Crippen LogP contribution is 2.20. The van der Waals surface area contributed by atoms with E-state index in [9.17, 15) is 4.79 Å². The minimum absolute atomic E-state index is 0.149. The van der Waals surface area contributed by atoms with E-state index in [1.165, 1.54) is 17.3 Å². The van der Waals surface area contributed by atoms with Crippen LogP contribution in [0.2, 0.25) is 0 Å². The molecule has 0 spiro atoms. The molecule has 0 radical (unpaired) electrons. The first-order valence-electron chi connectivity index (χ1n) is 9.70. The number of hydrogen-bond donors (Lipinski definition) is 0. The van der Waals surface area contributed by atoms with Gasteiger partial charge in [0.05, 0.1) is 12.3 Å². The van der Waals surface area contributed by atoms with E-state index in [1.54, 1.807) is 12.4 Å². The van der Waals surface area contributed by atoms with Crippen LogP contribution in [0.15, 0.2) is 60.0 Å². The smallest absolute Gasteiger partial charge is 0.233 e. The summed E-state index contributed by atoms with van der Waals surface area (Å²) in [5.41, 5.74) is 2.35. The minimum atomic E-state index is 0.149. The molecule has 0 bridgehead atoms. The summed E-state index contributed by atoms with van der Waals surface area (Å²) in [7, 11) is 0. The predicted octanol–water partition coefficient (Wildman–Crippen LogP) is 2.47. The van der Waals surface area contributed by atoms with Crippen LogP contribution in [0.1, 0.15) is 11.4 Å². The summed E-state index contributed by atoms with van der Waals surface area (Å²) in [5.74, 6) is 1.38. The van der Waals surface area contributed by atoms with Crippen molar-refractivity contribution in [2.45, 2.75) is 18.6 Å². The third-order valence-corrected chi connectivity index (χ3v) is 6.02. The second-order valence-electron chi connectivity index (χ2n) is 6.96. The van der Waals surface area contributed by atoms with Crippen LogP contribution in [0, 0.1) is 6.92 Å². The largest absolute Gasteiger partial charge is 0.368 e. The van der Waals surface area contributed by atoms with Crippen molar-refractivity contribution in [1.82, 2.24) is 24.6 Å². The first-order chi connectivity index (χ1) is 14.2. The van der Waals surface area contributed by atoms with Gasteiger partial charge in [-0.25, -0.2) is 0 Å². The van der Waals surface area contributed by atoms with Crippen molar-refractivity contribution in [3.05, 3.63) is 66.2 Å². The molecule has 1 amide bonds. The van der Waals surface area contributed by atoms with Crippen molar-refractivity contribution in [3.63, 3.8) is 0 Å². The Labute approximate surface area is 174 Å². The lowest BCUT2D eigenvalue weighted by Gasteiger charge is -2.36. The van der Waals surface area contributed by atoms with Crippen LogP contribution in [-0.2, 0) is 11.3 Å². The number of aromatic nitrogens is 4. The molecule has 3 heterocycles. The van der Waals surface area contributed by atoms with Crippen LogP contribution in [0.4, 0.5) is 5.69 Å². The summed E-state index contributed by atoms with van der Waals surface area (Å²) in [4.78, 5) is 21.0. The van der Waals surface area contributed by atoms with Gasteiger partial charge in [-0.3, -0.25) is 9.78 Å². The van der Waals surface area contributed by atoms with Gasteiger partial charge in [-0.15, -0.1) is 10.2 Å². The monoisotopic (exact) mass is 408 g/mol. The highest BCUT2D eigenvalue weighted by molar-refractivity contribution is 7.99. The topological polar surface area (TPSA) is 67.2 Å². The van der Waals surface area contributed by atoms with E-state index in [-0.39, 0.29) is 5.91 Å². The normalized spacial score (nSPS) is 14.2. The number of rotatable bonds is 6. The number of benzene rings is 1. The van der Waals surface area contributed by atoms with Crippen molar-refractivity contribution in [3.8, 4) is 0 Å². The second-order valence-corrected chi connectivity index (χ2v) is 7.91. The zero-order valence-electron chi connectivity index (χ0n) is 16.4. The van der Waals surface area contributed by atoms with Gasteiger partial charge < -0.3 is 14.4 Å². The van der Waals surface area contributed by atoms with Gasteiger partial charge in [0, 0.05) is 44.3 Å². The minimum Gasteiger partial charge on any atom is -0.368 e. The van der Waals surface area contributed by atoms with E-state index in [1.807, 2.05) is 42.2 Å². The summed E-state index contributed by atoms with van der Waals surface area (Å²) < 4.78 is 2.06. The summed E-state index contributed by atoms with van der Waals surface area (Å²) in [6.45, 7) is 5.79. The summed E-state index contributed by atoms with van der Waals surface area (Å²) in [5, 5.41) is 9.26. The lowest BCUT2D eigenvalue weighted by Crippen LogP contribution is -2.49. The third-order valence-electron chi connectivity index (χ3n) is 5.07. The third kappa shape index (κ3) is 4.76. The molecule has 3 aromatic rings. The average Bonchev–Trinajstić information content (AvgIpc) is 3.13. The number of hydrogen-bond acceptors (Lipinski definition) is 6. The number of piperazine rings is 1. The van der Waals surface area contributed by atoms with E-state index >= 15 is 0 Å². The number of amides is 1. The van der Waals surface area contributed by atoms with Crippen LogP contribution in [0.3, 0.4) is 0 Å². The SMILES string of the molecule is Cc1nnc(SCC(=O)N2CCN(c3ccncc3)CC2)n1Cc1ccccc1. The molecule has 2 aromatic heterocycles. The molecule has 8 heteroatoms. The predicted molar refractivity (Wildman–Crippen MR) is 114 cm³/mol. The number of pyridine rings is 1. The highest BCUT2D eigenvalue weighted by Gasteiger charge is 2.22. The Balaban J connectivity index is 1.31. The lowest BCUT2D eigenvalue weighted by molar-refractivity contribution is -0.128. The van der Waals surface area contributed by atoms with Gasteiger partial charge >= 0.3 is 0 Å². The molecule has 1 saturated heterocycles. The number of thioether (sulfide) groups is 1. The molecule has 4 rings (SSSR count). The Morgan fingerprint density at radius 2 is 1.72 bits per heavy atom. The molecule has 0 atom stereocenters. The Kier molecular flexibility index (Phi) is 6.09. The lowest BCUT2D eigenvalue weighted by atomic mass is 10.2. The van der Waals surface area contributed by atoms with Gasteiger partial charge in [0.1, 0.15) is 5.82 Å². The molecule has 7 nitrogen and oxygen atoms in total. The summed E-state index contributed by atoms with van der Waals surface area (Å²) in [6, 6.07) is 14.2. The average molecular weight is 409 g/mol. The molecule has 150 valence electrons. The van der Waals surface area contributed by atoms with Gasteiger partial charge in [0.2, 0.25) is 5.91 Å². The van der Waals surface area contributed by atoms with Crippen molar-refractivity contribution in [2.75, 3.05) is 36.8 Å². The van der Waals surface area contributed by atoms with Crippen molar-refractivity contribution in [2.24, 2.45) is 0 Å². The number of nitrogens with zero attached hydrogens (tertiary/aromatic N) is 6. The van der Waals surface area contributed by atoms with E-state index in [0.717, 1.165) is 42.8 Å². The van der Waals surface area contributed by atoms with Gasteiger partial charge in [0.25, 0.3) is 0 Å². The fourth-order valence-corrected chi connectivity index (χ4v) is 4.29. The fraction of sp³-hybridized carbons (Fsp3) is 0.333. The number of anilines is 1. The maximum atomic E-state index is 12.7. The Morgan fingerprint density at radius 1 is 1.00 bits per heavy atom. The fourth-order valence-electron chi connectivity index (χ4n) is 3.40. The zero-order valence-corrected chi connectivity index (χ0v) is 17.3. The Bertz CT molecular complexity index is 938. The van der Waals surface area contributed by atoms with Crippen LogP contribution in [0.25, 0.3) is 0 Å². The molecule has 0 N–H and O–H groups in total. The molecule has 1 aliphatic rings. The summed E-state index contributed by atoms with van der Waals surface area (Å²) >= 11 is 1.46. The Morgan fingerprint density at radius 3 is 2.45 bits per heavy atom. The number of carbonyl (C=O) groups is 1. The Hall–Kier alpha value is -2.87. The number of carbonyl (C=O) groups excluding carboxylic acids is 1. The number of aryl methyl sites for hydroxylation is 1. The standard InChI is InChI=1S/C21H24N6OS/c1-17-23-24-21(27(17)15-18-5-3-2-4-6-18)29-16-20(28)26-13-11-25(12-14-26)19-7-9-22-10-8-19/h2-10H,11-16H2,1H3. The molecule has 1 fully saturated rings. The molecule has 0 unspecified atom stereocenters. The molecular formula is C21H24N6OS. The van der Waals surface area contributed by atoms with Gasteiger partial charge in [-0.05, 0) is 24.6 Å². The quantitative estimate of drug-likeness (QED) is 0.584. The zero-order chi connectivity index (χ0) is 20.1. The molecule has 1 aromatic carbocycles. The molecular weight excluding hydrogens is 384 g/mol. The van der Waals surface area contributed by atoms with Gasteiger partial charge in [-0.2, -0.15) is 0 Å². The highest BCUT2D eigenvalue weighted by atomic mass is 32.2. The van der Waals surface area contributed by atoms with Crippen LogP contribution < -0.4 is 4.90 Å². The first-order valence-corrected chi connectivity index (χ1v) is 10.7. The van der Waals surface area contributed by atoms with E-state index in [4.69, 9.17) is 0 Å². The van der Waals surface area contributed by atoms with Crippen molar-refractivity contribution in [1.29, 1.82) is 0 Å². The maximum absolute atomic E-state index is 12.7. The van der Waals surface area contributed by atoms with Crippen molar-refractivity contribution < 1.29 is 4.79 Å². The van der Waals surface area contributed by atoms with Crippen molar-refractivity contribution >= 4 is 23.4 Å². The van der Waals surface area contributed by atoms with Crippen LogP contribution in [0.5, 0.6) is 0 Å².